The van der Waals surface area contributed by atoms with Gasteiger partial charge in [0.15, 0.2) is 0 Å². The molecule has 1 heterocycles. The van der Waals surface area contributed by atoms with Crippen LogP contribution in [0.1, 0.15) is 27.4 Å². The number of rotatable bonds is 3. The number of hydrogen-bond acceptors (Lipinski definition) is 2. The summed E-state index contributed by atoms with van der Waals surface area (Å²) >= 11 is 3.44. The van der Waals surface area contributed by atoms with Crippen molar-refractivity contribution in [2.24, 2.45) is 5.92 Å². The lowest BCUT2D eigenvalue weighted by Gasteiger charge is -2.18. The zero-order valence-electron chi connectivity index (χ0n) is 13.3. The van der Waals surface area contributed by atoms with E-state index in [0.29, 0.717) is 12.1 Å². The van der Waals surface area contributed by atoms with E-state index in [4.69, 9.17) is 0 Å². The van der Waals surface area contributed by atoms with Gasteiger partial charge in [-0.3, -0.25) is 9.59 Å². The Morgan fingerprint density at radius 2 is 1.79 bits per heavy atom. The number of benzene rings is 2. The minimum Gasteiger partial charge on any atom is -0.481 e. The van der Waals surface area contributed by atoms with Crippen LogP contribution in [0.5, 0.6) is 0 Å². The third-order valence-corrected chi connectivity index (χ3v) is 5.51. The maximum Gasteiger partial charge on any atom is 0.308 e. The summed E-state index contributed by atoms with van der Waals surface area (Å²) in [6, 6.07) is 15.1. The molecule has 3 rings (SSSR count). The second kappa shape index (κ2) is 6.77. The van der Waals surface area contributed by atoms with E-state index in [-0.39, 0.29) is 18.4 Å². The topological polar surface area (TPSA) is 57.6 Å². The highest BCUT2D eigenvalue weighted by Crippen LogP contribution is 2.34. The number of carbonyl (C=O) groups is 2. The molecule has 2 aromatic carbocycles. The first-order valence-electron chi connectivity index (χ1n) is 7.81. The van der Waals surface area contributed by atoms with Crippen LogP contribution in [-0.4, -0.2) is 35.0 Å². The lowest BCUT2D eigenvalue weighted by Crippen LogP contribution is -2.30. The van der Waals surface area contributed by atoms with E-state index in [9.17, 15) is 14.7 Å². The van der Waals surface area contributed by atoms with Crippen molar-refractivity contribution in [1.82, 2.24) is 4.90 Å². The molecule has 1 N–H and O–H groups in total. The standard InChI is InChI=1S/C19H18BrNO3/c1-12-14(8-5-9-17(12)20)18(22)21-10-15(16(11-21)19(23)24)13-6-3-2-4-7-13/h2-9,15-16H,10-11H2,1H3,(H,23,24). The molecule has 24 heavy (non-hydrogen) atoms. The molecular weight excluding hydrogens is 370 g/mol. The van der Waals surface area contributed by atoms with E-state index in [2.05, 4.69) is 15.9 Å². The Labute approximate surface area is 149 Å². The Kier molecular flexibility index (Phi) is 4.71. The molecule has 0 spiro atoms. The normalized spacial score (nSPS) is 20.2. The molecule has 2 atom stereocenters. The van der Waals surface area contributed by atoms with E-state index in [0.717, 1.165) is 15.6 Å². The number of hydrogen-bond donors (Lipinski definition) is 1. The molecule has 1 saturated heterocycles. The first-order valence-corrected chi connectivity index (χ1v) is 8.60. The second-order valence-corrected chi connectivity index (χ2v) is 6.94. The van der Waals surface area contributed by atoms with Crippen molar-refractivity contribution in [1.29, 1.82) is 0 Å². The zero-order valence-corrected chi connectivity index (χ0v) is 14.9. The van der Waals surface area contributed by atoms with Crippen molar-refractivity contribution in [3.8, 4) is 0 Å². The lowest BCUT2D eigenvalue weighted by molar-refractivity contribution is -0.141. The quantitative estimate of drug-likeness (QED) is 0.873. The zero-order chi connectivity index (χ0) is 17.3. The van der Waals surface area contributed by atoms with Gasteiger partial charge in [0.05, 0.1) is 5.92 Å². The van der Waals surface area contributed by atoms with Gasteiger partial charge in [0.25, 0.3) is 5.91 Å². The van der Waals surface area contributed by atoms with Gasteiger partial charge >= 0.3 is 5.97 Å². The Morgan fingerprint density at radius 1 is 1.08 bits per heavy atom. The highest BCUT2D eigenvalue weighted by atomic mass is 79.9. The molecule has 5 heteroatoms. The average molecular weight is 388 g/mol. The van der Waals surface area contributed by atoms with Gasteiger partial charge < -0.3 is 10.0 Å². The van der Waals surface area contributed by atoms with E-state index < -0.39 is 11.9 Å². The lowest BCUT2D eigenvalue weighted by atomic mass is 9.89. The van der Waals surface area contributed by atoms with E-state index in [1.54, 1.807) is 11.0 Å². The summed E-state index contributed by atoms with van der Waals surface area (Å²) in [4.78, 5) is 26.2. The molecule has 0 saturated carbocycles. The van der Waals surface area contributed by atoms with Crippen molar-refractivity contribution in [3.05, 3.63) is 69.7 Å². The van der Waals surface area contributed by atoms with Crippen LogP contribution in [0, 0.1) is 12.8 Å². The molecule has 2 aromatic rings. The molecule has 1 aliphatic rings. The van der Waals surface area contributed by atoms with E-state index in [1.165, 1.54) is 0 Å². The minimum atomic E-state index is -0.856. The Morgan fingerprint density at radius 3 is 2.46 bits per heavy atom. The molecule has 124 valence electrons. The predicted octanol–water partition coefficient (Wildman–Crippen LogP) is 3.70. The second-order valence-electron chi connectivity index (χ2n) is 6.08. The van der Waals surface area contributed by atoms with Gasteiger partial charge in [-0.25, -0.2) is 0 Å². The fraction of sp³-hybridized carbons (Fsp3) is 0.263. The van der Waals surface area contributed by atoms with Gasteiger partial charge in [-0.05, 0) is 30.2 Å². The van der Waals surface area contributed by atoms with Gasteiger partial charge in [-0.15, -0.1) is 0 Å². The van der Waals surface area contributed by atoms with Crippen LogP contribution >= 0.6 is 15.9 Å². The SMILES string of the molecule is Cc1c(Br)cccc1C(=O)N1CC(C(=O)O)C(c2ccccc2)C1. The summed E-state index contributed by atoms with van der Waals surface area (Å²) in [6.45, 7) is 2.54. The van der Waals surface area contributed by atoms with Crippen molar-refractivity contribution in [2.75, 3.05) is 13.1 Å². The number of carboxylic acid groups (broad SMARTS) is 1. The number of aliphatic carboxylic acids is 1. The Bertz CT molecular complexity index is 775. The third-order valence-electron chi connectivity index (χ3n) is 4.65. The Balaban J connectivity index is 1.89. The van der Waals surface area contributed by atoms with Crippen LogP contribution in [0.25, 0.3) is 0 Å². The van der Waals surface area contributed by atoms with Crippen LogP contribution in [0.2, 0.25) is 0 Å². The van der Waals surface area contributed by atoms with Gasteiger partial charge in [0.1, 0.15) is 0 Å². The van der Waals surface area contributed by atoms with Crippen LogP contribution in [0.3, 0.4) is 0 Å². The minimum absolute atomic E-state index is 0.113. The van der Waals surface area contributed by atoms with Gasteiger partial charge in [-0.2, -0.15) is 0 Å². The molecule has 2 unspecified atom stereocenters. The summed E-state index contributed by atoms with van der Waals surface area (Å²) in [7, 11) is 0. The summed E-state index contributed by atoms with van der Waals surface area (Å²) in [5, 5.41) is 9.57. The first kappa shape index (κ1) is 16.7. The third kappa shape index (κ3) is 3.08. The first-order chi connectivity index (χ1) is 11.5. The highest BCUT2D eigenvalue weighted by molar-refractivity contribution is 9.10. The highest BCUT2D eigenvalue weighted by Gasteiger charge is 2.40. The smallest absolute Gasteiger partial charge is 0.308 e. The molecule has 1 amide bonds. The fourth-order valence-corrected chi connectivity index (χ4v) is 3.63. The number of carboxylic acids is 1. The summed E-state index contributed by atoms with van der Waals surface area (Å²) in [5.41, 5.74) is 2.45. The molecule has 4 nitrogen and oxygen atoms in total. The van der Waals surface area contributed by atoms with E-state index >= 15 is 0 Å². The van der Waals surface area contributed by atoms with Gasteiger partial charge in [0.2, 0.25) is 0 Å². The van der Waals surface area contributed by atoms with Crippen LogP contribution < -0.4 is 0 Å². The van der Waals surface area contributed by atoms with E-state index in [1.807, 2.05) is 49.4 Å². The van der Waals surface area contributed by atoms with Crippen LogP contribution in [-0.2, 0) is 4.79 Å². The monoisotopic (exact) mass is 387 g/mol. The molecule has 0 aliphatic carbocycles. The molecule has 1 aliphatic heterocycles. The van der Waals surface area contributed by atoms with Crippen LogP contribution in [0.15, 0.2) is 53.0 Å². The van der Waals surface area contributed by atoms with Crippen LogP contribution in [0.4, 0.5) is 0 Å². The maximum atomic E-state index is 12.9. The predicted molar refractivity (Wildman–Crippen MR) is 95.1 cm³/mol. The number of halogens is 1. The molecular formula is C19H18BrNO3. The van der Waals surface area contributed by atoms with Crippen molar-refractivity contribution >= 4 is 27.8 Å². The average Bonchev–Trinajstić information content (AvgIpc) is 3.03. The summed E-state index contributed by atoms with van der Waals surface area (Å²) in [6.07, 6.45) is 0. The van der Waals surface area contributed by atoms with Gasteiger partial charge in [-0.1, -0.05) is 52.3 Å². The molecule has 0 bridgehead atoms. The van der Waals surface area contributed by atoms with Crippen molar-refractivity contribution < 1.29 is 14.7 Å². The van der Waals surface area contributed by atoms with Crippen molar-refractivity contribution in [3.63, 3.8) is 0 Å². The molecule has 0 radical (unpaired) electrons. The number of carbonyl (C=O) groups excluding carboxylic acids is 1. The van der Waals surface area contributed by atoms with Crippen molar-refractivity contribution in [2.45, 2.75) is 12.8 Å². The number of nitrogens with zero attached hydrogens (tertiary/aromatic N) is 1. The largest absolute Gasteiger partial charge is 0.481 e. The summed E-state index contributed by atoms with van der Waals surface area (Å²) in [5.74, 6) is -1.73. The number of amides is 1. The van der Waals surface area contributed by atoms with Gasteiger partial charge in [0, 0.05) is 29.0 Å². The molecule has 1 fully saturated rings. The maximum absolute atomic E-state index is 12.9. The fourth-order valence-electron chi connectivity index (χ4n) is 3.27. The summed E-state index contributed by atoms with van der Waals surface area (Å²) < 4.78 is 0.877. The number of likely N-dealkylation sites (tertiary alicyclic amines) is 1. The molecule has 0 aromatic heterocycles. The Hall–Kier alpha value is -2.14.